The van der Waals surface area contributed by atoms with E-state index in [1.54, 1.807) is 49.6 Å². The summed E-state index contributed by atoms with van der Waals surface area (Å²) in [5.41, 5.74) is 6.94. The molecule has 27 heavy (non-hydrogen) atoms. The van der Waals surface area contributed by atoms with Crippen LogP contribution in [0.1, 0.15) is 19.4 Å². The van der Waals surface area contributed by atoms with Crippen LogP contribution in [0, 0.1) is 6.92 Å². The molecule has 2 heterocycles. The molecule has 6 nitrogen and oxygen atoms in total. The van der Waals surface area contributed by atoms with Crippen LogP contribution in [0.4, 0.5) is 5.00 Å². The summed E-state index contributed by atoms with van der Waals surface area (Å²) >= 11 is 1.12. The summed E-state index contributed by atoms with van der Waals surface area (Å²) in [6, 6.07) is 6.51. The SMILES string of the molecule is C/C=C\C(=C/C)n1nc(S(=O)(=O)c2ccc(C)cc2)c2csc(N)c2c1=O. The summed E-state index contributed by atoms with van der Waals surface area (Å²) in [4.78, 5) is 13.0. The zero-order chi connectivity index (χ0) is 19.8. The minimum Gasteiger partial charge on any atom is -0.390 e. The molecule has 0 aliphatic carbocycles. The molecule has 2 aromatic heterocycles. The Morgan fingerprint density at radius 2 is 1.89 bits per heavy atom. The van der Waals surface area contributed by atoms with Gasteiger partial charge in [-0.2, -0.15) is 9.78 Å². The molecule has 140 valence electrons. The van der Waals surface area contributed by atoms with E-state index in [4.69, 9.17) is 5.73 Å². The fourth-order valence-corrected chi connectivity index (χ4v) is 4.93. The highest BCUT2D eigenvalue weighted by molar-refractivity contribution is 7.91. The second-order valence-corrected chi connectivity index (χ2v) is 8.72. The van der Waals surface area contributed by atoms with Gasteiger partial charge < -0.3 is 5.73 Å². The number of sulfone groups is 1. The largest absolute Gasteiger partial charge is 0.390 e. The molecule has 0 aliphatic heterocycles. The van der Waals surface area contributed by atoms with Crippen molar-refractivity contribution < 1.29 is 8.42 Å². The third kappa shape index (κ3) is 3.22. The van der Waals surface area contributed by atoms with E-state index in [1.807, 2.05) is 6.92 Å². The molecule has 0 bridgehead atoms. The first kappa shape index (κ1) is 19.1. The van der Waals surface area contributed by atoms with E-state index < -0.39 is 15.4 Å². The van der Waals surface area contributed by atoms with Gasteiger partial charge in [-0.1, -0.05) is 29.8 Å². The zero-order valence-electron chi connectivity index (χ0n) is 15.1. The molecule has 0 fully saturated rings. The highest BCUT2D eigenvalue weighted by Crippen LogP contribution is 2.32. The van der Waals surface area contributed by atoms with Crippen LogP contribution in [-0.2, 0) is 9.84 Å². The lowest BCUT2D eigenvalue weighted by Gasteiger charge is -2.11. The third-order valence-corrected chi connectivity index (χ3v) is 6.63. The maximum absolute atomic E-state index is 13.2. The van der Waals surface area contributed by atoms with Gasteiger partial charge in [-0.25, -0.2) is 8.42 Å². The van der Waals surface area contributed by atoms with Crippen LogP contribution in [0.25, 0.3) is 16.5 Å². The lowest BCUT2D eigenvalue weighted by atomic mass is 10.2. The lowest BCUT2D eigenvalue weighted by molar-refractivity contribution is 0.589. The van der Waals surface area contributed by atoms with E-state index in [0.29, 0.717) is 5.70 Å². The van der Waals surface area contributed by atoms with E-state index in [0.717, 1.165) is 21.6 Å². The third-order valence-electron chi connectivity index (χ3n) is 4.11. The predicted molar refractivity (Wildman–Crippen MR) is 110 cm³/mol. The summed E-state index contributed by atoms with van der Waals surface area (Å²) < 4.78 is 27.6. The fourth-order valence-electron chi connectivity index (χ4n) is 2.71. The number of allylic oxidation sites excluding steroid dienone is 4. The van der Waals surface area contributed by atoms with Crippen molar-refractivity contribution >= 4 is 42.6 Å². The molecule has 0 saturated carbocycles. The first-order valence-corrected chi connectivity index (χ1v) is 10.6. The van der Waals surface area contributed by atoms with Gasteiger partial charge in [0.25, 0.3) is 5.56 Å². The number of nitrogens with two attached hydrogens (primary N) is 1. The smallest absolute Gasteiger partial charge is 0.282 e. The minimum atomic E-state index is -3.94. The number of aryl methyl sites for hydroxylation is 1. The van der Waals surface area contributed by atoms with Crippen LogP contribution in [0.3, 0.4) is 0 Å². The van der Waals surface area contributed by atoms with Crippen LogP contribution in [0.2, 0.25) is 0 Å². The van der Waals surface area contributed by atoms with Crippen molar-refractivity contribution in [1.82, 2.24) is 9.78 Å². The van der Waals surface area contributed by atoms with Gasteiger partial charge in [-0.05, 0) is 39.0 Å². The zero-order valence-corrected chi connectivity index (χ0v) is 16.8. The maximum atomic E-state index is 13.2. The monoisotopic (exact) mass is 401 g/mol. The molecule has 2 N–H and O–H groups in total. The molecule has 0 radical (unpaired) electrons. The van der Waals surface area contributed by atoms with Crippen LogP contribution in [0.15, 0.2) is 62.6 Å². The predicted octanol–water partition coefficient (Wildman–Crippen LogP) is 3.62. The minimum absolute atomic E-state index is 0.116. The van der Waals surface area contributed by atoms with E-state index in [1.165, 1.54) is 12.1 Å². The van der Waals surface area contributed by atoms with Gasteiger partial charge in [0.05, 0.1) is 21.0 Å². The number of aromatic nitrogens is 2. The summed E-state index contributed by atoms with van der Waals surface area (Å²) in [7, 11) is -3.94. The number of benzene rings is 1. The molecule has 0 amide bonds. The average Bonchev–Trinajstić information content (AvgIpc) is 3.03. The molecule has 1 aromatic carbocycles. The first-order chi connectivity index (χ1) is 12.8. The second kappa shape index (κ2) is 7.13. The molecule has 3 aromatic rings. The molecule has 8 heteroatoms. The summed E-state index contributed by atoms with van der Waals surface area (Å²) in [6.07, 6.45) is 5.12. The Balaban J connectivity index is 2.41. The number of hydrogen-bond acceptors (Lipinski definition) is 6. The van der Waals surface area contributed by atoms with Crippen molar-refractivity contribution in [3.8, 4) is 0 Å². The molecule has 0 atom stereocenters. The van der Waals surface area contributed by atoms with Crippen molar-refractivity contribution in [2.45, 2.75) is 30.7 Å². The lowest BCUT2D eigenvalue weighted by Crippen LogP contribution is -2.25. The molecule has 0 unspecified atom stereocenters. The Morgan fingerprint density at radius 3 is 2.48 bits per heavy atom. The quantitative estimate of drug-likeness (QED) is 0.674. The Morgan fingerprint density at radius 1 is 1.22 bits per heavy atom. The van der Waals surface area contributed by atoms with Crippen molar-refractivity contribution in [3.05, 3.63) is 63.8 Å². The number of nitrogen functional groups attached to an aromatic ring is 1. The number of anilines is 1. The number of thiophene rings is 1. The molecule has 0 saturated heterocycles. The summed E-state index contributed by atoms with van der Waals surface area (Å²) in [5.74, 6) is 0. The highest BCUT2D eigenvalue weighted by atomic mass is 32.2. The Hall–Kier alpha value is -2.71. The van der Waals surface area contributed by atoms with Gasteiger partial charge in [-0.15, -0.1) is 11.3 Å². The number of fused-ring (bicyclic) bond motifs is 1. The molecular formula is C19H19N3O3S2. The van der Waals surface area contributed by atoms with Gasteiger partial charge >= 0.3 is 0 Å². The van der Waals surface area contributed by atoms with Crippen LogP contribution in [-0.4, -0.2) is 18.2 Å². The number of hydrogen-bond donors (Lipinski definition) is 1. The van der Waals surface area contributed by atoms with Gasteiger partial charge in [0.1, 0.15) is 0 Å². The number of rotatable bonds is 4. The standard InChI is InChI=1S/C19H19N3O3S2/c1-4-6-13(5-2)22-19(23)16-15(11-26-17(16)20)18(21-22)27(24,25)14-9-7-12(3)8-10-14/h4-11H,20H2,1-3H3/b6-4-,13-5+. The van der Waals surface area contributed by atoms with E-state index in [-0.39, 0.29) is 25.7 Å². The van der Waals surface area contributed by atoms with Gasteiger partial charge in [-0.3, -0.25) is 4.79 Å². The Kier molecular flexibility index (Phi) is 5.03. The normalized spacial score (nSPS) is 12.9. The second-order valence-electron chi connectivity index (χ2n) is 5.94. The summed E-state index contributed by atoms with van der Waals surface area (Å²) in [6.45, 7) is 5.43. The highest BCUT2D eigenvalue weighted by Gasteiger charge is 2.27. The summed E-state index contributed by atoms with van der Waals surface area (Å²) in [5, 5.41) is 6.29. The Labute approximate surface area is 161 Å². The fraction of sp³-hybridized carbons (Fsp3) is 0.158. The van der Waals surface area contributed by atoms with Crippen molar-refractivity contribution in [2.75, 3.05) is 5.73 Å². The average molecular weight is 402 g/mol. The van der Waals surface area contributed by atoms with Crippen molar-refractivity contribution in [2.24, 2.45) is 0 Å². The van der Waals surface area contributed by atoms with Gasteiger partial charge in [0.15, 0.2) is 5.03 Å². The van der Waals surface area contributed by atoms with Gasteiger partial charge in [0.2, 0.25) is 9.84 Å². The Bertz CT molecular complexity index is 1230. The van der Waals surface area contributed by atoms with E-state index in [2.05, 4.69) is 5.10 Å². The van der Waals surface area contributed by atoms with E-state index in [9.17, 15) is 13.2 Å². The molecular weight excluding hydrogens is 382 g/mol. The molecule has 0 aliphatic rings. The molecule has 3 rings (SSSR count). The van der Waals surface area contributed by atoms with Crippen LogP contribution >= 0.6 is 11.3 Å². The van der Waals surface area contributed by atoms with Crippen molar-refractivity contribution in [1.29, 1.82) is 0 Å². The maximum Gasteiger partial charge on any atom is 0.282 e. The van der Waals surface area contributed by atoms with Crippen LogP contribution < -0.4 is 11.3 Å². The first-order valence-electron chi connectivity index (χ1n) is 8.22. The van der Waals surface area contributed by atoms with Crippen molar-refractivity contribution in [3.63, 3.8) is 0 Å². The number of nitrogens with zero attached hydrogens (tertiary/aromatic N) is 2. The topological polar surface area (TPSA) is 95.1 Å². The van der Waals surface area contributed by atoms with E-state index >= 15 is 0 Å². The van der Waals surface area contributed by atoms with Gasteiger partial charge in [0, 0.05) is 10.8 Å². The molecule has 0 spiro atoms. The van der Waals surface area contributed by atoms with Crippen LogP contribution in [0.5, 0.6) is 0 Å².